The second-order valence-corrected chi connectivity index (χ2v) is 2.22. The van der Waals surface area contributed by atoms with Gasteiger partial charge in [0.25, 0.3) is 0 Å². The third-order valence-electron chi connectivity index (χ3n) is 1.40. The number of pyridine rings is 1. The van der Waals surface area contributed by atoms with Crippen molar-refractivity contribution < 1.29 is 0 Å². The van der Waals surface area contributed by atoms with Crippen LogP contribution in [0.25, 0.3) is 11.0 Å². The smallest absolute Gasteiger partial charge is 0.104 e. The van der Waals surface area contributed by atoms with Gasteiger partial charge in [-0.15, -0.1) is 24.8 Å². The minimum atomic E-state index is 0. The Balaban J connectivity index is 0.000000605. The SMILES string of the molecule is Cc1nc2ccncc2[nH]1.Cl.Cl. The van der Waals surface area contributed by atoms with Gasteiger partial charge in [-0.25, -0.2) is 4.98 Å². The van der Waals surface area contributed by atoms with Gasteiger partial charge in [0.15, 0.2) is 0 Å². The normalized spacial score (nSPS) is 8.75. The highest BCUT2D eigenvalue weighted by Gasteiger charge is 1.94. The highest BCUT2D eigenvalue weighted by molar-refractivity contribution is 5.85. The summed E-state index contributed by atoms with van der Waals surface area (Å²) in [4.78, 5) is 11.3. The van der Waals surface area contributed by atoms with Crippen LogP contribution in [0.15, 0.2) is 18.5 Å². The fraction of sp³-hybridized carbons (Fsp3) is 0.143. The van der Waals surface area contributed by atoms with Crippen molar-refractivity contribution in [1.29, 1.82) is 0 Å². The van der Waals surface area contributed by atoms with Gasteiger partial charge in [0, 0.05) is 6.20 Å². The number of aromatic nitrogens is 3. The van der Waals surface area contributed by atoms with Crippen molar-refractivity contribution in [3.63, 3.8) is 0 Å². The Kier molecular flexibility index (Phi) is 4.00. The minimum absolute atomic E-state index is 0. The molecule has 12 heavy (non-hydrogen) atoms. The topological polar surface area (TPSA) is 41.6 Å². The Morgan fingerprint density at radius 1 is 1.33 bits per heavy atom. The lowest BCUT2D eigenvalue weighted by Gasteiger charge is -1.80. The maximum atomic E-state index is 4.22. The summed E-state index contributed by atoms with van der Waals surface area (Å²) >= 11 is 0. The van der Waals surface area contributed by atoms with E-state index in [2.05, 4.69) is 15.0 Å². The molecule has 0 aliphatic heterocycles. The van der Waals surface area contributed by atoms with Crippen LogP contribution in [0.1, 0.15) is 5.82 Å². The van der Waals surface area contributed by atoms with Gasteiger partial charge in [-0.05, 0) is 13.0 Å². The number of rotatable bonds is 0. The summed E-state index contributed by atoms with van der Waals surface area (Å²) in [5.41, 5.74) is 1.98. The third kappa shape index (κ3) is 1.87. The van der Waals surface area contributed by atoms with E-state index in [9.17, 15) is 0 Å². The highest BCUT2D eigenvalue weighted by atomic mass is 35.5. The molecule has 0 spiro atoms. The van der Waals surface area contributed by atoms with Gasteiger partial charge < -0.3 is 4.98 Å². The molecule has 0 unspecified atom stereocenters. The molecule has 0 bridgehead atoms. The van der Waals surface area contributed by atoms with Crippen LogP contribution in [0.5, 0.6) is 0 Å². The van der Waals surface area contributed by atoms with Crippen molar-refractivity contribution >= 4 is 35.8 Å². The van der Waals surface area contributed by atoms with Gasteiger partial charge in [0.05, 0.1) is 17.2 Å². The largest absolute Gasteiger partial charge is 0.341 e. The maximum Gasteiger partial charge on any atom is 0.104 e. The molecule has 0 amide bonds. The molecule has 0 saturated heterocycles. The van der Waals surface area contributed by atoms with Crippen molar-refractivity contribution in [2.75, 3.05) is 0 Å². The molecule has 66 valence electrons. The van der Waals surface area contributed by atoms with Crippen molar-refractivity contribution in [2.45, 2.75) is 6.92 Å². The average molecular weight is 206 g/mol. The molecule has 2 aromatic rings. The summed E-state index contributed by atoms with van der Waals surface area (Å²) < 4.78 is 0. The lowest BCUT2D eigenvalue weighted by atomic mass is 10.4. The van der Waals surface area contributed by atoms with Crippen molar-refractivity contribution in [1.82, 2.24) is 15.0 Å². The fourth-order valence-electron chi connectivity index (χ4n) is 0.984. The van der Waals surface area contributed by atoms with Crippen molar-refractivity contribution in [3.05, 3.63) is 24.3 Å². The molecule has 2 heterocycles. The van der Waals surface area contributed by atoms with Gasteiger partial charge in [-0.2, -0.15) is 0 Å². The second kappa shape index (κ2) is 4.28. The van der Waals surface area contributed by atoms with Crippen LogP contribution < -0.4 is 0 Å². The summed E-state index contributed by atoms with van der Waals surface area (Å²) in [6, 6.07) is 1.89. The van der Waals surface area contributed by atoms with Crippen LogP contribution >= 0.6 is 24.8 Å². The van der Waals surface area contributed by atoms with Gasteiger partial charge in [-0.1, -0.05) is 0 Å². The Morgan fingerprint density at radius 2 is 2.08 bits per heavy atom. The number of hydrogen-bond acceptors (Lipinski definition) is 2. The molecule has 0 aliphatic carbocycles. The molecule has 3 nitrogen and oxygen atoms in total. The molecule has 0 aliphatic rings. The van der Waals surface area contributed by atoms with E-state index in [0.717, 1.165) is 16.9 Å². The van der Waals surface area contributed by atoms with Crippen LogP contribution in [0.2, 0.25) is 0 Å². The van der Waals surface area contributed by atoms with Gasteiger partial charge in [0.2, 0.25) is 0 Å². The summed E-state index contributed by atoms with van der Waals surface area (Å²) in [7, 11) is 0. The van der Waals surface area contributed by atoms with E-state index in [1.807, 2.05) is 13.0 Å². The lowest BCUT2D eigenvalue weighted by Crippen LogP contribution is -1.69. The van der Waals surface area contributed by atoms with E-state index in [0.29, 0.717) is 0 Å². The molecule has 0 atom stereocenters. The van der Waals surface area contributed by atoms with E-state index in [1.54, 1.807) is 12.4 Å². The zero-order valence-corrected chi connectivity index (χ0v) is 8.08. The monoisotopic (exact) mass is 205 g/mol. The predicted molar refractivity (Wildman–Crippen MR) is 53.1 cm³/mol. The van der Waals surface area contributed by atoms with E-state index < -0.39 is 0 Å². The number of hydrogen-bond donors (Lipinski definition) is 1. The first-order valence-corrected chi connectivity index (χ1v) is 3.12. The second-order valence-electron chi connectivity index (χ2n) is 2.22. The molecular formula is C7H9Cl2N3. The van der Waals surface area contributed by atoms with Crippen LogP contribution in [0.3, 0.4) is 0 Å². The molecular weight excluding hydrogens is 197 g/mol. The predicted octanol–water partition coefficient (Wildman–Crippen LogP) is 2.11. The van der Waals surface area contributed by atoms with E-state index in [-0.39, 0.29) is 24.8 Å². The molecule has 0 fully saturated rings. The van der Waals surface area contributed by atoms with Crippen LogP contribution in [0, 0.1) is 6.92 Å². The first-order valence-electron chi connectivity index (χ1n) is 3.12. The maximum absolute atomic E-state index is 4.22. The van der Waals surface area contributed by atoms with Gasteiger partial charge in [-0.3, -0.25) is 4.98 Å². The average Bonchev–Trinajstić information content (AvgIpc) is 2.27. The number of aryl methyl sites for hydroxylation is 1. The number of aromatic amines is 1. The Bertz CT molecular complexity index is 325. The Labute approximate surface area is 82.4 Å². The van der Waals surface area contributed by atoms with Crippen LogP contribution in [-0.4, -0.2) is 15.0 Å². The summed E-state index contributed by atoms with van der Waals surface area (Å²) in [6.45, 7) is 1.93. The first-order chi connectivity index (χ1) is 4.86. The number of fused-ring (bicyclic) bond motifs is 1. The van der Waals surface area contributed by atoms with Gasteiger partial charge in [0.1, 0.15) is 5.82 Å². The molecule has 5 heteroatoms. The summed E-state index contributed by atoms with van der Waals surface area (Å²) in [5, 5.41) is 0. The zero-order chi connectivity index (χ0) is 6.97. The fourth-order valence-corrected chi connectivity index (χ4v) is 0.984. The lowest BCUT2D eigenvalue weighted by molar-refractivity contribution is 1.17. The van der Waals surface area contributed by atoms with Crippen LogP contribution in [0.4, 0.5) is 0 Å². The van der Waals surface area contributed by atoms with E-state index in [1.165, 1.54) is 0 Å². The summed E-state index contributed by atoms with van der Waals surface area (Å²) in [5.74, 6) is 0.933. The van der Waals surface area contributed by atoms with Crippen molar-refractivity contribution in [2.24, 2.45) is 0 Å². The standard InChI is InChI=1S/C7H7N3.2ClH/c1-5-9-6-2-3-8-4-7(6)10-5;;/h2-4H,1H3,(H,9,10);2*1H. The molecule has 0 radical (unpaired) electrons. The van der Waals surface area contributed by atoms with Gasteiger partial charge >= 0.3 is 0 Å². The molecule has 0 aromatic carbocycles. The number of nitrogens with zero attached hydrogens (tertiary/aromatic N) is 2. The number of H-pyrrole nitrogens is 1. The molecule has 1 N–H and O–H groups in total. The molecule has 0 saturated carbocycles. The van der Waals surface area contributed by atoms with Crippen LogP contribution in [-0.2, 0) is 0 Å². The number of nitrogens with one attached hydrogen (secondary N) is 1. The minimum Gasteiger partial charge on any atom is -0.341 e. The number of halogens is 2. The first kappa shape index (κ1) is 11.2. The van der Waals surface area contributed by atoms with Crippen molar-refractivity contribution in [3.8, 4) is 0 Å². The highest BCUT2D eigenvalue weighted by Crippen LogP contribution is 2.06. The van der Waals surface area contributed by atoms with E-state index in [4.69, 9.17) is 0 Å². The Morgan fingerprint density at radius 3 is 2.75 bits per heavy atom. The molecule has 2 aromatic heterocycles. The summed E-state index contributed by atoms with van der Waals surface area (Å²) in [6.07, 6.45) is 3.51. The van der Waals surface area contributed by atoms with E-state index >= 15 is 0 Å². The zero-order valence-electron chi connectivity index (χ0n) is 6.44. The molecule has 2 rings (SSSR count). The quantitative estimate of drug-likeness (QED) is 0.717. The third-order valence-corrected chi connectivity index (χ3v) is 1.40. The Hall–Kier alpha value is -0.800. The number of imidazole rings is 1.